The van der Waals surface area contributed by atoms with Gasteiger partial charge in [0, 0.05) is 39.3 Å². The lowest BCUT2D eigenvalue weighted by Crippen LogP contribution is -2.35. The summed E-state index contributed by atoms with van der Waals surface area (Å²) in [5.74, 6) is 0.286. The number of rotatable bonds is 9. The van der Waals surface area contributed by atoms with Crippen molar-refractivity contribution in [2.75, 3.05) is 52.5 Å². The van der Waals surface area contributed by atoms with Gasteiger partial charge in [0.25, 0.3) is 0 Å². The number of carbonyl (C=O) groups excluding carboxylic acids is 1. The Morgan fingerprint density at radius 2 is 2.00 bits per heavy atom. The zero-order chi connectivity index (χ0) is 14.6. The molecule has 5 nitrogen and oxygen atoms in total. The topological polar surface area (TPSA) is 58.8 Å². The molecule has 1 heterocycles. The van der Waals surface area contributed by atoms with Crippen LogP contribution >= 0.6 is 0 Å². The monoisotopic (exact) mass is 285 g/mol. The molecule has 0 radical (unpaired) electrons. The first-order chi connectivity index (χ1) is 9.77. The van der Waals surface area contributed by atoms with Crippen LogP contribution < -0.4 is 5.73 Å². The van der Waals surface area contributed by atoms with Crippen LogP contribution in [0.1, 0.15) is 39.0 Å². The Labute approximate surface area is 123 Å². The second-order valence-electron chi connectivity index (χ2n) is 5.37. The van der Waals surface area contributed by atoms with E-state index in [2.05, 4.69) is 4.90 Å². The van der Waals surface area contributed by atoms with Crippen LogP contribution in [0.25, 0.3) is 0 Å². The van der Waals surface area contributed by atoms with Crippen molar-refractivity contribution in [3.05, 3.63) is 0 Å². The van der Waals surface area contributed by atoms with E-state index in [4.69, 9.17) is 10.5 Å². The van der Waals surface area contributed by atoms with E-state index in [0.29, 0.717) is 13.0 Å². The average molecular weight is 285 g/mol. The van der Waals surface area contributed by atoms with Crippen LogP contribution in [-0.2, 0) is 9.53 Å². The molecule has 1 rings (SSSR count). The van der Waals surface area contributed by atoms with Crippen molar-refractivity contribution in [3.63, 3.8) is 0 Å². The molecule has 0 atom stereocenters. The van der Waals surface area contributed by atoms with E-state index >= 15 is 0 Å². The van der Waals surface area contributed by atoms with Gasteiger partial charge in [0.1, 0.15) is 0 Å². The molecule has 1 aliphatic rings. The summed E-state index contributed by atoms with van der Waals surface area (Å²) in [6.07, 6.45) is 4.80. The Hall–Kier alpha value is -0.650. The van der Waals surface area contributed by atoms with Gasteiger partial charge in [-0.05, 0) is 52.2 Å². The Kier molecular flexibility index (Phi) is 9.62. The fraction of sp³-hybridized carbons (Fsp3) is 0.933. The van der Waals surface area contributed by atoms with Crippen molar-refractivity contribution in [1.29, 1.82) is 0 Å². The minimum atomic E-state index is 0.286. The van der Waals surface area contributed by atoms with Gasteiger partial charge in [-0.3, -0.25) is 4.79 Å². The lowest BCUT2D eigenvalue weighted by molar-refractivity contribution is -0.131. The van der Waals surface area contributed by atoms with Gasteiger partial charge in [-0.25, -0.2) is 0 Å². The molecule has 0 aromatic rings. The molecule has 0 aliphatic carbocycles. The second kappa shape index (κ2) is 11.1. The largest absolute Gasteiger partial charge is 0.382 e. The lowest BCUT2D eigenvalue weighted by Gasteiger charge is -2.22. The van der Waals surface area contributed by atoms with Gasteiger partial charge in [-0.1, -0.05) is 0 Å². The molecule has 0 aromatic carbocycles. The second-order valence-corrected chi connectivity index (χ2v) is 5.37. The number of carbonyl (C=O) groups is 1. The van der Waals surface area contributed by atoms with Gasteiger partial charge in [-0.15, -0.1) is 0 Å². The van der Waals surface area contributed by atoms with E-state index in [1.807, 2.05) is 11.8 Å². The van der Waals surface area contributed by atoms with Gasteiger partial charge in [0.15, 0.2) is 0 Å². The van der Waals surface area contributed by atoms with Gasteiger partial charge in [0.2, 0.25) is 5.91 Å². The Balaban J connectivity index is 2.19. The number of nitrogens with zero attached hydrogens (tertiary/aromatic N) is 2. The number of amides is 1. The van der Waals surface area contributed by atoms with Crippen LogP contribution in [0.5, 0.6) is 0 Å². The first kappa shape index (κ1) is 17.4. The maximum Gasteiger partial charge on any atom is 0.222 e. The lowest BCUT2D eigenvalue weighted by atomic mass is 10.2. The third-order valence-corrected chi connectivity index (χ3v) is 3.75. The van der Waals surface area contributed by atoms with E-state index in [-0.39, 0.29) is 5.91 Å². The summed E-state index contributed by atoms with van der Waals surface area (Å²) >= 11 is 0. The van der Waals surface area contributed by atoms with Crippen molar-refractivity contribution >= 4 is 5.91 Å². The minimum Gasteiger partial charge on any atom is -0.382 e. The summed E-state index contributed by atoms with van der Waals surface area (Å²) in [4.78, 5) is 16.6. The third kappa shape index (κ3) is 7.22. The van der Waals surface area contributed by atoms with Crippen LogP contribution in [0.15, 0.2) is 0 Å². The Bertz CT molecular complexity index is 262. The predicted molar refractivity (Wildman–Crippen MR) is 81.7 cm³/mol. The van der Waals surface area contributed by atoms with Crippen LogP contribution in [0, 0.1) is 0 Å². The molecule has 0 bridgehead atoms. The number of hydrogen-bond donors (Lipinski definition) is 1. The zero-order valence-electron chi connectivity index (χ0n) is 13.0. The van der Waals surface area contributed by atoms with Crippen molar-refractivity contribution in [3.8, 4) is 0 Å². The molecule has 0 spiro atoms. The summed E-state index contributed by atoms with van der Waals surface area (Å²) < 4.78 is 5.28. The molecule has 0 aromatic heterocycles. The number of unbranched alkanes of at least 4 members (excludes halogenated alkanes) is 1. The predicted octanol–water partition coefficient (Wildman–Crippen LogP) is 1.08. The van der Waals surface area contributed by atoms with Crippen molar-refractivity contribution in [2.24, 2.45) is 5.73 Å². The van der Waals surface area contributed by atoms with Gasteiger partial charge < -0.3 is 20.3 Å². The van der Waals surface area contributed by atoms with E-state index in [0.717, 1.165) is 65.1 Å². The molecule has 5 heteroatoms. The number of ether oxygens (including phenoxy) is 1. The van der Waals surface area contributed by atoms with Crippen LogP contribution in [0.2, 0.25) is 0 Å². The maximum atomic E-state index is 12.1. The summed E-state index contributed by atoms with van der Waals surface area (Å²) in [6, 6.07) is 0. The van der Waals surface area contributed by atoms with Gasteiger partial charge in [0.05, 0.1) is 0 Å². The van der Waals surface area contributed by atoms with E-state index < -0.39 is 0 Å². The summed E-state index contributed by atoms with van der Waals surface area (Å²) in [7, 11) is 0. The van der Waals surface area contributed by atoms with E-state index in [1.54, 1.807) is 0 Å². The number of hydrogen-bond acceptors (Lipinski definition) is 4. The highest BCUT2D eigenvalue weighted by atomic mass is 16.5. The first-order valence-electron chi connectivity index (χ1n) is 8.06. The fourth-order valence-corrected chi connectivity index (χ4v) is 2.55. The fourth-order valence-electron chi connectivity index (χ4n) is 2.55. The molecule has 1 saturated heterocycles. The highest BCUT2D eigenvalue weighted by Gasteiger charge is 2.18. The molecule has 1 fully saturated rings. The standard InChI is InChI=1S/C15H31N3O2/c1-2-20-14-5-7-15(19)18-11-6-10-17(12-13-18)9-4-3-8-16/h2-14,16H2,1H3. The normalized spacial score (nSPS) is 17.2. The summed E-state index contributed by atoms with van der Waals surface area (Å²) in [6.45, 7) is 9.18. The van der Waals surface area contributed by atoms with Crippen molar-refractivity contribution < 1.29 is 9.53 Å². The van der Waals surface area contributed by atoms with E-state index in [1.165, 1.54) is 6.42 Å². The average Bonchev–Trinajstić information content (AvgIpc) is 2.69. The Morgan fingerprint density at radius 3 is 2.75 bits per heavy atom. The molecular weight excluding hydrogens is 254 g/mol. The molecule has 118 valence electrons. The molecule has 20 heavy (non-hydrogen) atoms. The third-order valence-electron chi connectivity index (χ3n) is 3.75. The van der Waals surface area contributed by atoms with Gasteiger partial charge >= 0.3 is 0 Å². The smallest absolute Gasteiger partial charge is 0.222 e. The zero-order valence-corrected chi connectivity index (χ0v) is 13.0. The molecule has 0 unspecified atom stereocenters. The van der Waals surface area contributed by atoms with Crippen LogP contribution in [0.3, 0.4) is 0 Å². The van der Waals surface area contributed by atoms with Crippen molar-refractivity contribution in [1.82, 2.24) is 9.80 Å². The maximum absolute atomic E-state index is 12.1. The highest BCUT2D eigenvalue weighted by molar-refractivity contribution is 5.76. The van der Waals surface area contributed by atoms with Crippen LogP contribution in [-0.4, -0.2) is 68.2 Å². The van der Waals surface area contributed by atoms with Gasteiger partial charge in [-0.2, -0.15) is 0 Å². The first-order valence-corrected chi connectivity index (χ1v) is 8.06. The molecular formula is C15H31N3O2. The highest BCUT2D eigenvalue weighted by Crippen LogP contribution is 2.07. The number of nitrogens with two attached hydrogens (primary N) is 1. The molecule has 1 aliphatic heterocycles. The Morgan fingerprint density at radius 1 is 1.15 bits per heavy atom. The quantitative estimate of drug-likeness (QED) is 0.644. The SMILES string of the molecule is CCOCCCC(=O)N1CCCN(CCCCN)CC1. The molecule has 0 saturated carbocycles. The summed E-state index contributed by atoms with van der Waals surface area (Å²) in [5.41, 5.74) is 5.52. The molecule has 1 amide bonds. The molecule has 2 N–H and O–H groups in total. The summed E-state index contributed by atoms with van der Waals surface area (Å²) in [5, 5.41) is 0. The van der Waals surface area contributed by atoms with Crippen molar-refractivity contribution in [2.45, 2.75) is 39.0 Å². The van der Waals surface area contributed by atoms with Crippen LogP contribution in [0.4, 0.5) is 0 Å². The van der Waals surface area contributed by atoms with E-state index in [9.17, 15) is 4.79 Å². The minimum absolute atomic E-state index is 0.286.